The van der Waals surface area contributed by atoms with E-state index >= 15 is 0 Å². The standard InChI is InChI=1S/C18H22ClN3O4/c19-13-3-1-12(2-4-13)18(24)15(10-23)22-16-9-17(21-11-20-16)26-14-5-7-25-8-6-14/h1-4,9,11,14-15,18,23-24H,5-8,10H2,(H,20,21,22). The number of hydrogen-bond acceptors (Lipinski definition) is 7. The number of aliphatic hydroxyl groups excluding tert-OH is 2. The Morgan fingerprint density at radius 3 is 2.65 bits per heavy atom. The monoisotopic (exact) mass is 379 g/mol. The minimum atomic E-state index is -0.924. The van der Waals surface area contributed by atoms with Gasteiger partial charge < -0.3 is 25.0 Å². The molecule has 0 bridgehead atoms. The van der Waals surface area contributed by atoms with E-state index in [4.69, 9.17) is 21.1 Å². The van der Waals surface area contributed by atoms with Crippen molar-refractivity contribution in [3.05, 3.63) is 47.2 Å². The van der Waals surface area contributed by atoms with Crippen molar-refractivity contribution in [2.24, 2.45) is 0 Å². The second-order valence-electron chi connectivity index (χ2n) is 6.10. The highest BCUT2D eigenvalue weighted by atomic mass is 35.5. The Kier molecular flexibility index (Phi) is 6.62. The smallest absolute Gasteiger partial charge is 0.218 e. The lowest BCUT2D eigenvalue weighted by molar-refractivity contribution is 0.0237. The van der Waals surface area contributed by atoms with Crippen molar-refractivity contribution in [3.63, 3.8) is 0 Å². The molecule has 1 saturated heterocycles. The van der Waals surface area contributed by atoms with Crippen LogP contribution in [0.15, 0.2) is 36.7 Å². The van der Waals surface area contributed by atoms with E-state index in [2.05, 4.69) is 15.3 Å². The summed E-state index contributed by atoms with van der Waals surface area (Å²) in [4.78, 5) is 8.27. The van der Waals surface area contributed by atoms with Crippen LogP contribution in [0.1, 0.15) is 24.5 Å². The molecule has 3 N–H and O–H groups in total. The molecule has 140 valence electrons. The summed E-state index contributed by atoms with van der Waals surface area (Å²) < 4.78 is 11.2. The summed E-state index contributed by atoms with van der Waals surface area (Å²) in [5.74, 6) is 0.918. The first kappa shape index (κ1) is 18.8. The van der Waals surface area contributed by atoms with Crippen LogP contribution in [0.5, 0.6) is 5.88 Å². The number of aliphatic hydroxyl groups is 2. The van der Waals surface area contributed by atoms with Crippen molar-refractivity contribution in [3.8, 4) is 5.88 Å². The maximum atomic E-state index is 10.5. The molecule has 3 rings (SSSR count). The van der Waals surface area contributed by atoms with E-state index in [1.54, 1.807) is 30.3 Å². The minimum Gasteiger partial charge on any atom is -0.474 e. The first-order chi connectivity index (χ1) is 12.7. The van der Waals surface area contributed by atoms with Gasteiger partial charge in [-0.1, -0.05) is 23.7 Å². The molecular weight excluding hydrogens is 358 g/mol. The summed E-state index contributed by atoms with van der Waals surface area (Å²) in [7, 11) is 0. The molecule has 2 heterocycles. The lowest BCUT2D eigenvalue weighted by atomic mass is 10.0. The maximum Gasteiger partial charge on any atom is 0.218 e. The van der Waals surface area contributed by atoms with E-state index < -0.39 is 12.1 Å². The van der Waals surface area contributed by atoms with E-state index in [0.29, 0.717) is 35.5 Å². The van der Waals surface area contributed by atoms with Crippen LogP contribution in [0.4, 0.5) is 5.82 Å². The highest BCUT2D eigenvalue weighted by Crippen LogP contribution is 2.23. The van der Waals surface area contributed by atoms with E-state index in [9.17, 15) is 10.2 Å². The zero-order chi connectivity index (χ0) is 18.4. The molecule has 2 unspecified atom stereocenters. The molecule has 1 fully saturated rings. The molecule has 0 spiro atoms. The highest BCUT2D eigenvalue weighted by Gasteiger charge is 2.21. The van der Waals surface area contributed by atoms with Gasteiger partial charge in [0.2, 0.25) is 5.88 Å². The second kappa shape index (κ2) is 9.14. The summed E-state index contributed by atoms with van der Waals surface area (Å²) in [5.41, 5.74) is 0.647. The van der Waals surface area contributed by atoms with Gasteiger partial charge in [0.1, 0.15) is 24.4 Å². The molecule has 8 heteroatoms. The fourth-order valence-electron chi connectivity index (χ4n) is 2.75. The van der Waals surface area contributed by atoms with Crippen molar-refractivity contribution >= 4 is 17.4 Å². The Hall–Kier alpha value is -1.93. The number of hydrogen-bond donors (Lipinski definition) is 3. The van der Waals surface area contributed by atoms with Crippen molar-refractivity contribution in [1.29, 1.82) is 0 Å². The summed E-state index contributed by atoms with van der Waals surface area (Å²) >= 11 is 5.87. The lowest BCUT2D eigenvalue weighted by Crippen LogP contribution is -2.31. The zero-order valence-electron chi connectivity index (χ0n) is 14.2. The molecule has 2 atom stereocenters. The number of benzene rings is 1. The quantitative estimate of drug-likeness (QED) is 0.678. The largest absolute Gasteiger partial charge is 0.474 e. The number of aromatic nitrogens is 2. The molecule has 2 aromatic rings. The predicted molar refractivity (Wildman–Crippen MR) is 97.4 cm³/mol. The van der Waals surface area contributed by atoms with Gasteiger partial charge in [0.15, 0.2) is 0 Å². The predicted octanol–water partition coefficient (Wildman–Crippen LogP) is 2.19. The van der Waals surface area contributed by atoms with Gasteiger partial charge in [0.05, 0.1) is 25.9 Å². The molecule has 0 saturated carbocycles. The van der Waals surface area contributed by atoms with Crippen LogP contribution in [0.3, 0.4) is 0 Å². The molecule has 1 aromatic carbocycles. The van der Waals surface area contributed by atoms with Crippen LogP contribution in [-0.2, 0) is 4.74 Å². The lowest BCUT2D eigenvalue weighted by Gasteiger charge is -2.24. The number of nitrogens with one attached hydrogen (secondary N) is 1. The SMILES string of the molecule is OCC(Nc1cc(OC2CCOCC2)ncn1)C(O)c1ccc(Cl)cc1. The minimum absolute atomic E-state index is 0.0693. The second-order valence-corrected chi connectivity index (χ2v) is 6.54. The molecule has 1 aliphatic rings. The highest BCUT2D eigenvalue weighted by molar-refractivity contribution is 6.30. The van der Waals surface area contributed by atoms with E-state index in [1.165, 1.54) is 6.33 Å². The molecule has 1 aliphatic heterocycles. The Morgan fingerprint density at radius 2 is 1.96 bits per heavy atom. The molecule has 26 heavy (non-hydrogen) atoms. The number of anilines is 1. The number of rotatable bonds is 7. The van der Waals surface area contributed by atoms with Crippen LogP contribution < -0.4 is 10.1 Å². The molecule has 7 nitrogen and oxygen atoms in total. The average molecular weight is 380 g/mol. The first-order valence-corrected chi connectivity index (χ1v) is 8.91. The van der Waals surface area contributed by atoms with Gasteiger partial charge in [0.25, 0.3) is 0 Å². The Balaban J connectivity index is 1.65. The zero-order valence-corrected chi connectivity index (χ0v) is 15.0. The van der Waals surface area contributed by atoms with Crippen LogP contribution in [0, 0.1) is 0 Å². The van der Waals surface area contributed by atoms with Crippen molar-refractivity contribution in [1.82, 2.24) is 9.97 Å². The maximum absolute atomic E-state index is 10.5. The molecule has 0 aliphatic carbocycles. The third kappa shape index (κ3) is 5.04. The van der Waals surface area contributed by atoms with Gasteiger partial charge in [-0.25, -0.2) is 9.97 Å². The number of ether oxygens (including phenoxy) is 2. The van der Waals surface area contributed by atoms with Crippen LogP contribution in [0.2, 0.25) is 5.02 Å². The third-order valence-corrected chi connectivity index (χ3v) is 4.47. The topological polar surface area (TPSA) is 96.7 Å². The molecule has 1 aromatic heterocycles. The summed E-state index contributed by atoms with van der Waals surface area (Å²) in [5, 5.41) is 23.8. The van der Waals surface area contributed by atoms with Gasteiger partial charge >= 0.3 is 0 Å². The fourth-order valence-corrected chi connectivity index (χ4v) is 2.88. The van der Waals surface area contributed by atoms with E-state index in [-0.39, 0.29) is 12.7 Å². The van der Waals surface area contributed by atoms with Gasteiger partial charge in [-0.2, -0.15) is 0 Å². The van der Waals surface area contributed by atoms with Crippen molar-refractivity contribution in [2.45, 2.75) is 31.1 Å². The summed E-state index contributed by atoms with van der Waals surface area (Å²) in [6.07, 6.45) is 2.18. The van der Waals surface area contributed by atoms with Crippen LogP contribution in [0.25, 0.3) is 0 Å². The molecule has 0 radical (unpaired) electrons. The van der Waals surface area contributed by atoms with Gasteiger partial charge in [-0.3, -0.25) is 0 Å². The Labute approximate surface area is 157 Å². The van der Waals surface area contributed by atoms with Crippen molar-refractivity contribution < 1.29 is 19.7 Å². The first-order valence-electron chi connectivity index (χ1n) is 8.53. The normalized spacial score (nSPS) is 17.5. The Morgan fingerprint density at radius 1 is 1.23 bits per heavy atom. The summed E-state index contributed by atoms with van der Waals surface area (Å²) in [6.45, 7) is 1.09. The van der Waals surface area contributed by atoms with Gasteiger partial charge in [0, 0.05) is 23.9 Å². The van der Waals surface area contributed by atoms with Crippen LogP contribution in [-0.4, -0.2) is 52.1 Å². The third-order valence-electron chi connectivity index (χ3n) is 4.22. The molecular formula is C18H22ClN3O4. The van der Waals surface area contributed by atoms with Gasteiger partial charge in [-0.15, -0.1) is 0 Å². The van der Waals surface area contributed by atoms with E-state index in [0.717, 1.165) is 12.8 Å². The van der Waals surface area contributed by atoms with E-state index in [1.807, 2.05) is 0 Å². The average Bonchev–Trinajstić information content (AvgIpc) is 2.67. The molecule has 0 amide bonds. The number of halogens is 1. The Bertz CT molecular complexity index is 695. The van der Waals surface area contributed by atoms with Crippen molar-refractivity contribution in [2.75, 3.05) is 25.1 Å². The number of nitrogens with zero attached hydrogens (tertiary/aromatic N) is 2. The fraction of sp³-hybridized carbons (Fsp3) is 0.444. The van der Waals surface area contributed by atoms with Gasteiger partial charge in [-0.05, 0) is 17.7 Å². The summed E-state index contributed by atoms with van der Waals surface area (Å²) in [6, 6.07) is 7.85. The van der Waals surface area contributed by atoms with Crippen LogP contribution >= 0.6 is 11.6 Å².